The van der Waals surface area contributed by atoms with Crippen molar-refractivity contribution in [3.05, 3.63) is 26.9 Å². The summed E-state index contributed by atoms with van der Waals surface area (Å²) in [5.41, 5.74) is -0.627. The molecule has 0 unspecified atom stereocenters. The van der Waals surface area contributed by atoms with Crippen molar-refractivity contribution in [3.63, 3.8) is 0 Å². The van der Waals surface area contributed by atoms with Crippen molar-refractivity contribution >= 4 is 11.7 Å². The zero-order valence-electron chi connectivity index (χ0n) is 14.9. The highest BCUT2D eigenvalue weighted by molar-refractivity contribution is 5.79. The van der Waals surface area contributed by atoms with Gasteiger partial charge in [-0.05, 0) is 19.8 Å². The molecule has 0 saturated carbocycles. The van der Waals surface area contributed by atoms with Crippen LogP contribution in [-0.4, -0.2) is 59.3 Å². The Morgan fingerprint density at radius 2 is 1.96 bits per heavy atom. The molecule has 138 valence electrons. The highest BCUT2D eigenvalue weighted by Crippen LogP contribution is 2.23. The average Bonchev–Trinajstić information content (AvgIpc) is 2.66. The predicted octanol–water partition coefficient (Wildman–Crippen LogP) is -0.358. The van der Waals surface area contributed by atoms with E-state index in [0.717, 1.165) is 24.0 Å². The van der Waals surface area contributed by atoms with Gasteiger partial charge >= 0.3 is 5.69 Å². The number of nitrogens with zero attached hydrogens (tertiary/aromatic N) is 4. The van der Waals surface area contributed by atoms with Crippen LogP contribution >= 0.6 is 0 Å². The van der Waals surface area contributed by atoms with Crippen molar-refractivity contribution in [2.75, 3.05) is 44.3 Å². The van der Waals surface area contributed by atoms with E-state index in [1.165, 1.54) is 13.1 Å². The van der Waals surface area contributed by atoms with Crippen molar-refractivity contribution in [1.82, 2.24) is 14.0 Å². The van der Waals surface area contributed by atoms with Crippen molar-refractivity contribution < 1.29 is 9.53 Å². The third-order valence-electron chi connectivity index (χ3n) is 5.11. The Kier molecular flexibility index (Phi) is 5.27. The van der Waals surface area contributed by atoms with Crippen LogP contribution in [0, 0.1) is 5.92 Å². The Morgan fingerprint density at radius 1 is 1.24 bits per heavy atom. The Labute approximate surface area is 146 Å². The van der Waals surface area contributed by atoms with E-state index in [1.54, 1.807) is 4.57 Å². The van der Waals surface area contributed by atoms with Crippen molar-refractivity contribution in [3.8, 4) is 0 Å². The number of carbonyl (C=O) groups excluding carboxylic acids is 1. The summed E-state index contributed by atoms with van der Waals surface area (Å²) in [7, 11) is 1.49. The number of morpholine rings is 1. The zero-order chi connectivity index (χ0) is 18.0. The molecule has 2 fully saturated rings. The first kappa shape index (κ1) is 17.7. The van der Waals surface area contributed by atoms with Gasteiger partial charge in [-0.15, -0.1) is 0 Å². The molecule has 1 atom stereocenters. The van der Waals surface area contributed by atoms with E-state index in [0.29, 0.717) is 45.2 Å². The van der Waals surface area contributed by atoms with E-state index < -0.39 is 0 Å². The number of hydrogen-bond donors (Lipinski definition) is 0. The number of carbonyl (C=O) groups is 1. The maximum atomic E-state index is 12.8. The van der Waals surface area contributed by atoms with Gasteiger partial charge in [0.2, 0.25) is 5.91 Å². The number of amides is 1. The molecular weight excluding hydrogens is 324 g/mol. The molecule has 0 aromatic carbocycles. The smallest absolute Gasteiger partial charge is 0.332 e. The largest absolute Gasteiger partial charge is 0.378 e. The summed E-state index contributed by atoms with van der Waals surface area (Å²) in [6.45, 7) is 6.12. The molecule has 8 nitrogen and oxygen atoms in total. The summed E-state index contributed by atoms with van der Waals surface area (Å²) in [6.07, 6.45) is 1.71. The fourth-order valence-electron chi connectivity index (χ4n) is 3.65. The van der Waals surface area contributed by atoms with Crippen LogP contribution < -0.4 is 16.1 Å². The van der Waals surface area contributed by atoms with Crippen LogP contribution in [0.15, 0.2) is 15.7 Å². The normalized spacial score (nSPS) is 21.4. The first-order valence-electron chi connectivity index (χ1n) is 8.95. The molecular formula is C17H26N4O4. The third kappa shape index (κ3) is 3.49. The first-order valence-corrected chi connectivity index (χ1v) is 8.95. The van der Waals surface area contributed by atoms with Crippen LogP contribution in [-0.2, 0) is 23.1 Å². The van der Waals surface area contributed by atoms with E-state index >= 15 is 0 Å². The number of piperidine rings is 1. The van der Waals surface area contributed by atoms with Crippen molar-refractivity contribution in [2.45, 2.75) is 26.3 Å². The van der Waals surface area contributed by atoms with Gasteiger partial charge in [0.25, 0.3) is 5.56 Å². The molecule has 3 rings (SSSR count). The SMILES string of the molecule is CCn1c(N2CCC[C@H](C(=O)N3CCOCC3)C2)cc(=O)n(C)c1=O. The maximum absolute atomic E-state index is 12.8. The summed E-state index contributed by atoms with van der Waals surface area (Å²) in [5.74, 6) is 0.675. The van der Waals surface area contributed by atoms with E-state index in [1.807, 2.05) is 16.7 Å². The van der Waals surface area contributed by atoms with Gasteiger partial charge in [0.05, 0.1) is 19.1 Å². The highest BCUT2D eigenvalue weighted by Gasteiger charge is 2.31. The van der Waals surface area contributed by atoms with Crippen LogP contribution in [0.4, 0.5) is 5.82 Å². The van der Waals surface area contributed by atoms with Gasteiger partial charge in [-0.1, -0.05) is 0 Å². The first-order chi connectivity index (χ1) is 12.0. The molecule has 8 heteroatoms. The quantitative estimate of drug-likeness (QED) is 0.744. The zero-order valence-corrected chi connectivity index (χ0v) is 14.9. The summed E-state index contributed by atoms with van der Waals surface area (Å²) >= 11 is 0. The molecule has 0 radical (unpaired) electrons. The van der Waals surface area contributed by atoms with E-state index in [4.69, 9.17) is 4.74 Å². The van der Waals surface area contributed by atoms with Crippen LogP contribution in [0.1, 0.15) is 19.8 Å². The fourth-order valence-corrected chi connectivity index (χ4v) is 3.65. The van der Waals surface area contributed by atoms with Gasteiger partial charge in [0, 0.05) is 45.8 Å². The van der Waals surface area contributed by atoms with Gasteiger partial charge in [-0.25, -0.2) is 4.79 Å². The number of aromatic nitrogens is 2. The molecule has 25 heavy (non-hydrogen) atoms. The molecule has 3 heterocycles. The van der Waals surface area contributed by atoms with E-state index in [-0.39, 0.29) is 23.1 Å². The van der Waals surface area contributed by atoms with Crippen molar-refractivity contribution in [1.29, 1.82) is 0 Å². The van der Waals surface area contributed by atoms with Gasteiger partial charge < -0.3 is 14.5 Å². The third-order valence-corrected chi connectivity index (χ3v) is 5.11. The fraction of sp³-hybridized carbons (Fsp3) is 0.706. The topological polar surface area (TPSA) is 76.8 Å². The molecule has 0 bridgehead atoms. The summed E-state index contributed by atoms with van der Waals surface area (Å²) in [4.78, 5) is 41.1. The second-order valence-electron chi connectivity index (χ2n) is 6.65. The molecule has 2 aliphatic heterocycles. The highest BCUT2D eigenvalue weighted by atomic mass is 16.5. The minimum atomic E-state index is -0.314. The lowest BCUT2D eigenvalue weighted by Gasteiger charge is -2.37. The molecule has 2 aliphatic rings. The summed E-state index contributed by atoms with van der Waals surface area (Å²) in [5, 5.41) is 0. The summed E-state index contributed by atoms with van der Waals surface area (Å²) < 4.78 is 8.03. The van der Waals surface area contributed by atoms with Crippen LogP contribution in [0.3, 0.4) is 0 Å². The summed E-state index contributed by atoms with van der Waals surface area (Å²) in [6, 6.07) is 1.51. The van der Waals surface area contributed by atoms with Crippen LogP contribution in [0.25, 0.3) is 0 Å². The second kappa shape index (κ2) is 7.43. The van der Waals surface area contributed by atoms with Gasteiger partial charge in [0.15, 0.2) is 0 Å². The lowest BCUT2D eigenvalue weighted by atomic mass is 9.96. The van der Waals surface area contributed by atoms with Gasteiger partial charge in [-0.2, -0.15) is 0 Å². The van der Waals surface area contributed by atoms with Crippen molar-refractivity contribution in [2.24, 2.45) is 13.0 Å². The van der Waals surface area contributed by atoms with Crippen LogP contribution in [0.5, 0.6) is 0 Å². The molecule has 0 spiro atoms. The molecule has 1 amide bonds. The molecule has 1 aromatic heterocycles. The number of ether oxygens (including phenoxy) is 1. The molecule has 0 aliphatic carbocycles. The number of hydrogen-bond acceptors (Lipinski definition) is 5. The van der Waals surface area contributed by atoms with Gasteiger partial charge in [0.1, 0.15) is 5.82 Å². The van der Waals surface area contributed by atoms with E-state index in [9.17, 15) is 14.4 Å². The van der Waals surface area contributed by atoms with E-state index in [2.05, 4.69) is 0 Å². The molecule has 1 aromatic rings. The lowest BCUT2D eigenvalue weighted by molar-refractivity contribution is -0.139. The Hall–Kier alpha value is -2.09. The number of anilines is 1. The minimum Gasteiger partial charge on any atom is -0.378 e. The standard InChI is InChI=1S/C17H26N4O4/c1-3-21-14(11-15(22)18(2)17(21)24)20-6-4-5-13(12-20)16(23)19-7-9-25-10-8-19/h11,13H,3-10,12H2,1-2H3/t13-/m0/s1. The average molecular weight is 350 g/mol. The Morgan fingerprint density at radius 3 is 2.64 bits per heavy atom. The molecule has 0 N–H and O–H groups in total. The van der Waals surface area contributed by atoms with Crippen LogP contribution in [0.2, 0.25) is 0 Å². The second-order valence-corrected chi connectivity index (χ2v) is 6.65. The predicted molar refractivity (Wildman–Crippen MR) is 94.0 cm³/mol. The Bertz CT molecular complexity index is 748. The lowest BCUT2D eigenvalue weighted by Crippen LogP contribution is -2.50. The monoisotopic (exact) mass is 350 g/mol. The Balaban J connectivity index is 1.83. The molecule has 2 saturated heterocycles. The maximum Gasteiger partial charge on any atom is 0.332 e. The van der Waals surface area contributed by atoms with Gasteiger partial charge in [-0.3, -0.25) is 18.7 Å². The number of rotatable bonds is 3. The minimum absolute atomic E-state index is 0.101.